The average molecular weight is 324 g/mol. The van der Waals surface area contributed by atoms with E-state index >= 15 is 0 Å². The van der Waals surface area contributed by atoms with E-state index in [1.807, 2.05) is 24.3 Å². The largest absolute Gasteiger partial charge is 0.497 e. The first kappa shape index (κ1) is 15.4. The van der Waals surface area contributed by atoms with Crippen molar-refractivity contribution in [3.8, 4) is 17.0 Å². The second-order valence-corrected chi connectivity index (χ2v) is 6.81. The maximum atomic E-state index is 5.20. The van der Waals surface area contributed by atoms with Crippen molar-refractivity contribution in [3.05, 3.63) is 36.4 Å². The van der Waals surface area contributed by atoms with Crippen molar-refractivity contribution in [2.75, 3.05) is 32.1 Å². The molecule has 4 rings (SSSR count). The molecular formula is C19H24N4O. The first-order valence-electron chi connectivity index (χ1n) is 8.69. The Bertz CT molecular complexity index is 672. The lowest BCUT2D eigenvalue weighted by Gasteiger charge is -2.48. The molecule has 3 heterocycles. The van der Waals surface area contributed by atoms with Crippen LogP contribution in [0.1, 0.15) is 19.3 Å². The molecule has 2 atom stereocenters. The van der Waals surface area contributed by atoms with Gasteiger partial charge >= 0.3 is 0 Å². The fraction of sp³-hybridized carbons (Fsp3) is 0.474. The smallest absolute Gasteiger partial charge is 0.151 e. The van der Waals surface area contributed by atoms with Crippen LogP contribution in [-0.2, 0) is 0 Å². The third kappa shape index (κ3) is 2.84. The lowest BCUT2D eigenvalue weighted by atomic mass is 9.92. The maximum absolute atomic E-state index is 5.20. The molecule has 2 aliphatic heterocycles. The van der Waals surface area contributed by atoms with E-state index in [1.165, 1.54) is 19.3 Å². The molecule has 0 spiro atoms. The molecule has 126 valence electrons. The summed E-state index contributed by atoms with van der Waals surface area (Å²) in [4.78, 5) is 4.96. The normalized spacial score (nSPS) is 24.0. The number of piperidine rings is 1. The molecule has 2 aliphatic rings. The summed E-state index contributed by atoms with van der Waals surface area (Å²) in [6.45, 7) is 2.12. The van der Waals surface area contributed by atoms with Gasteiger partial charge in [-0.05, 0) is 56.3 Å². The van der Waals surface area contributed by atoms with Crippen LogP contribution >= 0.6 is 0 Å². The van der Waals surface area contributed by atoms with Gasteiger partial charge in [-0.15, -0.1) is 10.2 Å². The van der Waals surface area contributed by atoms with Crippen molar-refractivity contribution >= 4 is 5.82 Å². The van der Waals surface area contributed by atoms with E-state index in [0.717, 1.165) is 35.9 Å². The molecule has 5 nitrogen and oxygen atoms in total. The fourth-order valence-electron chi connectivity index (χ4n) is 3.91. The van der Waals surface area contributed by atoms with Crippen LogP contribution < -0.4 is 9.64 Å². The molecule has 2 aromatic rings. The van der Waals surface area contributed by atoms with Gasteiger partial charge < -0.3 is 9.64 Å². The van der Waals surface area contributed by atoms with Crippen molar-refractivity contribution in [2.24, 2.45) is 0 Å². The molecule has 1 aromatic carbocycles. The van der Waals surface area contributed by atoms with Crippen molar-refractivity contribution in [3.63, 3.8) is 0 Å². The van der Waals surface area contributed by atoms with Crippen LogP contribution in [0.15, 0.2) is 36.4 Å². The SMILES string of the molecule is COc1ccc(-c2ccc(N3CC4CCCC(C3)N4C)nn2)cc1. The monoisotopic (exact) mass is 324 g/mol. The first-order chi connectivity index (χ1) is 11.7. The Labute approximate surface area is 143 Å². The molecule has 2 bridgehead atoms. The minimum absolute atomic E-state index is 0.653. The van der Waals surface area contributed by atoms with E-state index in [4.69, 9.17) is 4.74 Å². The van der Waals surface area contributed by atoms with Gasteiger partial charge in [0.05, 0.1) is 12.8 Å². The van der Waals surface area contributed by atoms with Gasteiger partial charge in [0.2, 0.25) is 0 Å². The van der Waals surface area contributed by atoms with Gasteiger partial charge in [0, 0.05) is 30.7 Å². The van der Waals surface area contributed by atoms with Gasteiger partial charge in [-0.25, -0.2) is 0 Å². The van der Waals surface area contributed by atoms with Gasteiger partial charge in [0.1, 0.15) is 5.75 Å². The molecule has 0 N–H and O–H groups in total. The summed E-state index contributed by atoms with van der Waals surface area (Å²) in [6.07, 6.45) is 3.94. The quantitative estimate of drug-likeness (QED) is 0.868. The molecule has 2 saturated heterocycles. The van der Waals surface area contributed by atoms with Crippen LogP contribution in [0.5, 0.6) is 5.75 Å². The van der Waals surface area contributed by atoms with Crippen LogP contribution in [0.4, 0.5) is 5.82 Å². The Balaban J connectivity index is 1.51. The van der Waals surface area contributed by atoms with Gasteiger partial charge in [-0.1, -0.05) is 6.42 Å². The number of hydrogen-bond acceptors (Lipinski definition) is 5. The number of fused-ring (bicyclic) bond motifs is 2. The average Bonchev–Trinajstić information content (AvgIpc) is 2.62. The van der Waals surface area contributed by atoms with E-state index in [0.29, 0.717) is 12.1 Å². The summed E-state index contributed by atoms with van der Waals surface area (Å²) in [5.74, 6) is 1.85. The van der Waals surface area contributed by atoms with E-state index in [-0.39, 0.29) is 0 Å². The molecule has 0 radical (unpaired) electrons. The Morgan fingerprint density at radius 3 is 2.25 bits per heavy atom. The Morgan fingerprint density at radius 2 is 1.67 bits per heavy atom. The second kappa shape index (κ2) is 6.40. The highest BCUT2D eigenvalue weighted by atomic mass is 16.5. The number of piperazine rings is 1. The van der Waals surface area contributed by atoms with E-state index in [1.54, 1.807) is 7.11 Å². The summed E-state index contributed by atoms with van der Waals surface area (Å²) in [5, 5.41) is 8.95. The summed E-state index contributed by atoms with van der Waals surface area (Å²) < 4.78 is 5.20. The first-order valence-corrected chi connectivity index (χ1v) is 8.69. The molecule has 0 amide bonds. The highest BCUT2D eigenvalue weighted by Crippen LogP contribution is 2.29. The molecule has 2 fully saturated rings. The molecule has 5 heteroatoms. The number of aromatic nitrogens is 2. The van der Waals surface area contributed by atoms with Crippen LogP contribution in [-0.4, -0.2) is 54.4 Å². The third-order valence-electron chi connectivity index (χ3n) is 5.45. The summed E-state index contributed by atoms with van der Waals surface area (Å²) in [6, 6.07) is 13.4. The van der Waals surface area contributed by atoms with Crippen molar-refractivity contribution in [1.82, 2.24) is 15.1 Å². The van der Waals surface area contributed by atoms with E-state index < -0.39 is 0 Å². The van der Waals surface area contributed by atoms with Crippen LogP contribution in [0.3, 0.4) is 0 Å². The Hall–Kier alpha value is -2.14. The Kier molecular flexibility index (Phi) is 4.10. The number of ether oxygens (including phenoxy) is 1. The number of methoxy groups -OCH3 is 1. The van der Waals surface area contributed by atoms with E-state index in [9.17, 15) is 0 Å². The highest BCUT2D eigenvalue weighted by molar-refractivity contribution is 5.60. The van der Waals surface area contributed by atoms with Gasteiger partial charge in [-0.2, -0.15) is 0 Å². The van der Waals surface area contributed by atoms with Gasteiger partial charge in [-0.3, -0.25) is 4.90 Å². The fourth-order valence-corrected chi connectivity index (χ4v) is 3.91. The third-order valence-corrected chi connectivity index (χ3v) is 5.45. The van der Waals surface area contributed by atoms with Crippen LogP contribution in [0, 0.1) is 0 Å². The number of hydrogen-bond donors (Lipinski definition) is 0. The topological polar surface area (TPSA) is 41.5 Å². The molecule has 2 unspecified atom stereocenters. The van der Waals surface area contributed by atoms with Crippen molar-refractivity contribution in [1.29, 1.82) is 0 Å². The zero-order valence-electron chi connectivity index (χ0n) is 14.4. The number of anilines is 1. The predicted octanol–water partition coefficient (Wildman–Crippen LogP) is 2.83. The zero-order valence-corrected chi connectivity index (χ0v) is 14.4. The van der Waals surface area contributed by atoms with Gasteiger partial charge in [0.25, 0.3) is 0 Å². The minimum Gasteiger partial charge on any atom is -0.497 e. The maximum Gasteiger partial charge on any atom is 0.151 e. The zero-order chi connectivity index (χ0) is 16.5. The lowest BCUT2D eigenvalue weighted by molar-refractivity contribution is 0.0946. The molecule has 0 saturated carbocycles. The number of rotatable bonds is 3. The van der Waals surface area contributed by atoms with Crippen molar-refractivity contribution in [2.45, 2.75) is 31.3 Å². The molecule has 1 aromatic heterocycles. The van der Waals surface area contributed by atoms with Gasteiger partial charge in [0.15, 0.2) is 5.82 Å². The molecule has 24 heavy (non-hydrogen) atoms. The van der Waals surface area contributed by atoms with Crippen LogP contribution in [0.2, 0.25) is 0 Å². The second-order valence-electron chi connectivity index (χ2n) is 6.81. The van der Waals surface area contributed by atoms with Crippen LogP contribution in [0.25, 0.3) is 11.3 Å². The number of benzene rings is 1. The predicted molar refractivity (Wildman–Crippen MR) is 95.4 cm³/mol. The minimum atomic E-state index is 0.653. The molecule has 0 aliphatic carbocycles. The summed E-state index contributed by atoms with van der Waals surface area (Å²) in [5.41, 5.74) is 1.96. The van der Waals surface area contributed by atoms with E-state index in [2.05, 4.69) is 39.2 Å². The number of likely N-dealkylation sites (N-methyl/N-ethyl adjacent to an activating group) is 1. The number of nitrogens with zero attached hydrogens (tertiary/aromatic N) is 4. The van der Waals surface area contributed by atoms with Crippen molar-refractivity contribution < 1.29 is 4.74 Å². The summed E-state index contributed by atoms with van der Waals surface area (Å²) >= 11 is 0. The highest BCUT2D eigenvalue weighted by Gasteiger charge is 2.35. The lowest BCUT2D eigenvalue weighted by Crippen LogP contribution is -2.59. The standard InChI is InChI=1S/C19H24N4O/c1-22-15-4-3-5-16(22)13-23(12-15)19-11-10-18(20-21-19)14-6-8-17(24-2)9-7-14/h6-11,15-16H,3-5,12-13H2,1-2H3. The molecular weight excluding hydrogens is 300 g/mol. The Morgan fingerprint density at radius 1 is 0.958 bits per heavy atom. The summed E-state index contributed by atoms with van der Waals surface area (Å²) in [7, 11) is 3.94.